The van der Waals surface area contributed by atoms with Crippen molar-refractivity contribution < 1.29 is 4.79 Å². The lowest BCUT2D eigenvalue weighted by molar-refractivity contribution is -0.123. The van der Waals surface area contributed by atoms with Crippen LogP contribution >= 0.6 is 0 Å². The van der Waals surface area contributed by atoms with Gasteiger partial charge in [0.2, 0.25) is 0 Å². The van der Waals surface area contributed by atoms with Gasteiger partial charge >= 0.3 is 0 Å². The molecular weight excluding hydrogens is 617 g/mol. The maximum atomic E-state index is 13.4. The predicted octanol–water partition coefficient (Wildman–Crippen LogP) is 18.8. The molecule has 0 unspecified atom stereocenters. The molecule has 0 aromatic heterocycles. The molecule has 0 saturated heterocycles. The van der Waals surface area contributed by atoms with Crippen LogP contribution in [0.1, 0.15) is 310 Å². The second kappa shape index (κ2) is 45.8. The summed E-state index contributed by atoms with van der Waals surface area (Å²) in [5, 5.41) is 0. The van der Waals surface area contributed by atoms with Gasteiger partial charge in [-0.1, -0.05) is 284 Å². The Morgan fingerprint density at radius 3 is 0.647 bits per heavy atom. The summed E-state index contributed by atoms with van der Waals surface area (Å²) >= 11 is 0. The third-order valence-electron chi connectivity index (χ3n) is 12.0. The van der Waals surface area contributed by atoms with Crippen LogP contribution in [0.15, 0.2) is 0 Å². The van der Waals surface area contributed by atoms with Gasteiger partial charge in [-0.2, -0.15) is 0 Å². The summed E-state index contributed by atoms with van der Waals surface area (Å²) in [5.74, 6) is 0.986. The molecule has 0 amide bonds. The zero-order valence-corrected chi connectivity index (χ0v) is 36.3. The van der Waals surface area contributed by atoms with E-state index in [1.54, 1.807) is 0 Å². The molecule has 0 aromatic carbocycles. The van der Waals surface area contributed by atoms with Crippen molar-refractivity contribution in [2.75, 3.05) is 0 Å². The lowest BCUT2D eigenvalue weighted by Crippen LogP contribution is -2.14. The Balaban J connectivity index is 4.06. The van der Waals surface area contributed by atoms with E-state index in [9.17, 15) is 4.79 Å². The lowest BCUT2D eigenvalue weighted by Gasteiger charge is -2.16. The standard InChI is InChI=1S/C50H100O/c1-4-7-10-13-16-19-22-25-27-29-31-34-37-40-43-46-49(50(51)48-45-42-39-36-33-24-21-18-15-12-9-6-3)47-44-41-38-35-32-30-28-26-23-20-17-14-11-8-5-2/h49H,4-48H2,1-3H3. The molecule has 0 radical (unpaired) electrons. The fourth-order valence-corrected chi connectivity index (χ4v) is 8.33. The minimum atomic E-state index is 0.363. The lowest BCUT2D eigenvalue weighted by atomic mass is 9.88. The van der Waals surface area contributed by atoms with Crippen LogP contribution < -0.4 is 0 Å². The van der Waals surface area contributed by atoms with Crippen molar-refractivity contribution >= 4 is 5.78 Å². The van der Waals surface area contributed by atoms with Gasteiger partial charge in [0.15, 0.2) is 0 Å². The van der Waals surface area contributed by atoms with Crippen LogP contribution in [0, 0.1) is 5.92 Å². The topological polar surface area (TPSA) is 17.1 Å². The van der Waals surface area contributed by atoms with Crippen molar-refractivity contribution in [1.82, 2.24) is 0 Å². The van der Waals surface area contributed by atoms with Gasteiger partial charge in [-0.05, 0) is 19.3 Å². The molecule has 1 nitrogen and oxygen atoms in total. The molecule has 0 fully saturated rings. The van der Waals surface area contributed by atoms with Crippen LogP contribution in [0.25, 0.3) is 0 Å². The molecular formula is C50H100O. The number of Topliss-reactive ketones (excluding diaryl/α,β-unsaturated/α-hetero) is 1. The number of unbranched alkanes of at least 4 members (excludes halogenated alkanes) is 39. The van der Waals surface area contributed by atoms with Crippen LogP contribution in [0.4, 0.5) is 0 Å². The number of hydrogen-bond donors (Lipinski definition) is 0. The molecule has 306 valence electrons. The van der Waals surface area contributed by atoms with Crippen molar-refractivity contribution in [3.05, 3.63) is 0 Å². The highest BCUT2D eigenvalue weighted by Gasteiger charge is 2.17. The molecule has 0 bridgehead atoms. The predicted molar refractivity (Wildman–Crippen MR) is 233 cm³/mol. The van der Waals surface area contributed by atoms with E-state index >= 15 is 0 Å². The van der Waals surface area contributed by atoms with E-state index in [2.05, 4.69) is 20.8 Å². The Morgan fingerprint density at radius 2 is 0.431 bits per heavy atom. The van der Waals surface area contributed by atoms with E-state index in [1.807, 2.05) is 0 Å². The molecule has 0 aliphatic heterocycles. The number of hydrogen-bond acceptors (Lipinski definition) is 1. The molecule has 1 heteroatoms. The summed E-state index contributed by atoms with van der Waals surface area (Å²) in [6.45, 7) is 6.92. The first kappa shape index (κ1) is 50.7. The number of carbonyl (C=O) groups excluding carboxylic acids is 1. The molecule has 0 atom stereocenters. The molecule has 0 spiro atoms. The molecule has 0 N–H and O–H groups in total. The maximum Gasteiger partial charge on any atom is 0.135 e. The second-order valence-corrected chi connectivity index (χ2v) is 17.3. The molecule has 51 heavy (non-hydrogen) atoms. The molecule has 0 aromatic rings. The summed E-state index contributed by atoms with van der Waals surface area (Å²) in [5.41, 5.74) is 0. The van der Waals surface area contributed by atoms with Crippen molar-refractivity contribution in [2.45, 2.75) is 310 Å². The molecule has 0 aliphatic rings. The van der Waals surface area contributed by atoms with Gasteiger partial charge < -0.3 is 0 Å². The van der Waals surface area contributed by atoms with E-state index in [1.165, 1.54) is 276 Å². The average Bonchev–Trinajstić information content (AvgIpc) is 3.14. The number of carbonyl (C=O) groups is 1. The van der Waals surface area contributed by atoms with E-state index in [-0.39, 0.29) is 0 Å². The minimum absolute atomic E-state index is 0.363. The quantitative estimate of drug-likeness (QED) is 0.0573. The Labute approximate surface area is 325 Å². The highest BCUT2D eigenvalue weighted by atomic mass is 16.1. The van der Waals surface area contributed by atoms with E-state index in [4.69, 9.17) is 0 Å². The largest absolute Gasteiger partial charge is 0.299 e. The van der Waals surface area contributed by atoms with Crippen LogP contribution in [0.2, 0.25) is 0 Å². The van der Waals surface area contributed by atoms with Crippen LogP contribution in [-0.2, 0) is 4.79 Å². The molecule has 0 saturated carbocycles. The van der Waals surface area contributed by atoms with Gasteiger partial charge in [-0.25, -0.2) is 0 Å². The van der Waals surface area contributed by atoms with Gasteiger partial charge in [-0.3, -0.25) is 4.79 Å². The summed E-state index contributed by atoms with van der Waals surface area (Å²) in [6, 6.07) is 0. The highest BCUT2D eigenvalue weighted by molar-refractivity contribution is 5.80. The first-order chi connectivity index (χ1) is 25.3. The second-order valence-electron chi connectivity index (χ2n) is 17.3. The van der Waals surface area contributed by atoms with Gasteiger partial charge in [-0.15, -0.1) is 0 Å². The van der Waals surface area contributed by atoms with Crippen molar-refractivity contribution in [3.8, 4) is 0 Å². The number of ketones is 1. The monoisotopic (exact) mass is 717 g/mol. The third-order valence-corrected chi connectivity index (χ3v) is 12.0. The Morgan fingerprint density at radius 1 is 0.255 bits per heavy atom. The first-order valence-electron chi connectivity index (χ1n) is 24.8. The van der Waals surface area contributed by atoms with Crippen molar-refractivity contribution in [3.63, 3.8) is 0 Å². The van der Waals surface area contributed by atoms with E-state index in [0.29, 0.717) is 11.7 Å². The maximum absolute atomic E-state index is 13.4. The molecule has 0 heterocycles. The Bertz CT molecular complexity index is 591. The zero-order valence-electron chi connectivity index (χ0n) is 36.3. The van der Waals surface area contributed by atoms with Gasteiger partial charge in [0, 0.05) is 12.3 Å². The summed E-state index contributed by atoms with van der Waals surface area (Å²) in [6.07, 6.45) is 62.2. The Kier molecular flexibility index (Phi) is 45.5. The van der Waals surface area contributed by atoms with Crippen LogP contribution in [0.5, 0.6) is 0 Å². The smallest absolute Gasteiger partial charge is 0.135 e. The van der Waals surface area contributed by atoms with Gasteiger partial charge in [0.05, 0.1) is 0 Å². The van der Waals surface area contributed by atoms with E-state index < -0.39 is 0 Å². The zero-order chi connectivity index (χ0) is 37.0. The number of rotatable bonds is 46. The van der Waals surface area contributed by atoms with Gasteiger partial charge in [0.25, 0.3) is 0 Å². The van der Waals surface area contributed by atoms with Crippen molar-refractivity contribution in [1.29, 1.82) is 0 Å². The molecule has 0 rings (SSSR count). The van der Waals surface area contributed by atoms with E-state index in [0.717, 1.165) is 12.8 Å². The highest BCUT2D eigenvalue weighted by Crippen LogP contribution is 2.23. The molecule has 0 aliphatic carbocycles. The first-order valence-corrected chi connectivity index (χ1v) is 24.8. The fraction of sp³-hybridized carbons (Fsp3) is 0.980. The normalized spacial score (nSPS) is 11.7. The summed E-state index contributed by atoms with van der Waals surface area (Å²) in [7, 11) is 0. The van der Waals surface area contributed by atoms with Gasteiger partial charge in [0.1, 0.15) is 5.78 Å². The fourth-order valence-electron chi connectivity index (χ4n) is 8.33. The minimum Gasteiger partial charge on any atom is -0.299 e. The third kappa shape index (κ3) is 42.3. The SMILES string of the molecule is CCCCCCCCCCCCCCCCCC(CCCCCCCCCCCCCCCCC)C(=O)CCCCCCCCCCCCCC. The average molecular weight is 717 g/mol. The van der Waals surface area contributed by atoms with Crippen LogP contribution in [-0.4, -0.2) is 5.78 Å². The Hall–Kier alpha value is -0.330. The summed E-state index contributed by atoms with van der Waals surface area (Å²) < 4.78 is 0. The van der Waals surface area contributed by atoms with Crippen LogP contribution in [0.3, 0.4) is 0 Å². The summed E-state index contributed by atoms with van der Waals surface area (Å²) in [4.78, 5) is 13.4. The van der Waals surface area contributed by atoms with Crippen molar-refractivity contribution in [2.24, 2.45) is 5.92 Å².